The van der Waals surface area contributed by atoms with Gasteiger partial charge in [-0.1, -0.05) is 24.3 Å². The van der Waals surface area contributed by atoms with E-state index >= 15 is 0 Å². The Morgan fingerprint density at radius 3 is 2.81 bits per heavy atom. The summed E-state index contributed by atoms with van der Waals surface area (Å²) in [6.07, 6.45) is 3.72. The minimum absolute atomic E-state index is 0.174. The van der Waals surface area contributed by atoms with E-state index in [-0.39, 0.29) is 12.4 Å². The van der Waals surface area contributed by atoms with Gasteiger partial charge in [0.05, 0.1) is 16.8 Å². The number of esters is 1. The molecule has 0 bridgehead atoms. The normalized spacial score (nSPS) is 14.6. The van der Waals surface area contributed by atoms with Crippen LogP contribution in [0.15, 0.2) is 41.8 Å². The smallest absolute Gasteiger partial charge is 0.339 e. The summed E-state index contributed by atoms with van der Waals surface area (Å²) in [6, 6.07) is 11.7. The quantitative estimate of drug-likeness (QED) is 0.639. The number of fused-ring (bicyclic) bond motifs is 2. The SMILES string of the molecule is CC(=O)COC(=O)c1c2c(nc3ccccc13)C(=Cc1cccs1)CC2. The summed E-state index contributed by atoms with van der Waals surface area (Å²) >= 11 is 1.68. The van der Waals surface area contributed by atoms with Gasteiger partial charge in [0.25, 0.3) is 0 Å². The fraction of sp³-hybridized carbons (Fsp3) is 0.190. The molecule has 1 aliphatic rings. The van der Waals surface area contributed by atoms with E-state index in [2.05, 4.69) is 12.1 Å². The van der Waals surface area contributed by atoms with E-state index in [4.69, 9.17) is 9.72 Å². The third kappa shape index (κ3) is 3.06. The molecule has 0 N–H and O–H groups in total. The van der Waals surface area contributed by atoms with Crippen molar-refractivity contribution in [1.29, 1.82) is 0 Å². The first-order valence-corrected chi connectivity index (χ1v) is 9.34. The van der Waals surface area contributed by atoms with Gasteiger partial charge in [-0.2, -0.15) is 0 Å². The first-order chi connectivity index (χ1) is 12.6. The van der Waals surface area contributed by atoms with Crippen LogP contribution in [0, 0.1) is 0 Å². The molecule has 130 valence electrons. The summed E-state index contributed by atoms with van der Waals surface area (Å²) in [5.41, 5.74) is 4.22. The van der Waals surface area contributed by atoms with Crippen molar-refractivity contribution in [2.75, 3.05) is 6.61 Å². The lowest BCUT2D eigenvalue weighted by molar-refractivity contribution is -0.120. The van der Waals surface area contributed by atoms with Gasteiger partial charge in [0.15, 0.2) is 5.78 Å². The second-order valence-electron chi connectivity index (χ2n) is 6.29. The molecule has 0 saturated heterocycles. The summed E-state index contributed by atoms with van der Waals surface area (Å²) in [5, 5.41) is 2.82. The first-order valence-electron chi connectivity index (χ1n) is 8.46. The zero-order chi connectivity index (χ0) is 18.1. The number of ether oxygens (including phenoxy) is 1. The van der Waals surface area contributed by atoms with Crippen LogP contribution in [0.3, 0.4) is 0 Å². The van der Waals surface area contributed by atoms with E-state index in [9.17, 15) is 9.59 Å². The van der Waals surface area contributed by atoms with Gasteiger partial charge in [-0.3, -0.25) is 4.79 Å². The van der Waals surface area contributed by atoms with Crippen molar-refractivity contribution in [2.45, 2.75) is 19.8 Å². The Morgan fingerprint density at radius 1 is 1.19 bits per heavy atom. The number of benzene rings is 1. The molecule has 2 heterocycles. The van der Waals surface area contributed by atoms with Gasteiger partial charge in [0.1, 0.15) is 6.61 Å². The molecule has 1 aromatic carbocycles. The van der Waals surface area contributed by atoms with Crippen molar-refractivity contribution in [1.82, 2.24) is 4.98 Å². The lowest BCUT2D eigenvalue weighted by Crippen LogP contribution is -2.14. The number of rotatable bonds is 4. The van der Waals surface area contributed by atoms with E-state index in [1.165, 1.54) is 11.8 Å². The van der Waals surface area contributed by atoms with Crippen LogP contribution >= 0.6 is 11.3 Å². The lowest BCUT2D eigenvalue weighted by atomic mass is 10.0. The van der Waals surface area contributed by atoms with Gasteiger partial charge >= 0.3 is 5.97 Å². The Morgan fingerprint density at radius 2 is 2.04 bits per heavy atom. The minimum Gasteiger partial charge on any atom is -0.454 e. The zero-order valence-electron chi connectivity index (χ0n) is 14.3. The molecule has 1 aliphatic carbocycles. The Bertz CT molecular complexity index is 1030. The van der Waals surface area contributed by atoms with Crippen LogP contribution < -0.4 is 0 Å². The zero-order valence-corrected chi connectivity index (χ0v) is 15.1. The number of aromatic nitrogens is 1. The number of carbonyl (C=O) groups is 2. The Kier molecular flexibility index (Phi) is 4.39. The molecule has 0 unspecified atom stereocenters. The molecule has 4 rings (SSSR count). The van der Waals surface area contributed by atoms with Crippen LogP contribution in [0.1, 0.15) is 39.8 Å². The van der Waals surface area contributed by atoms with Gasteiger partial charge in [0, 0.05) is 10.3 Å². The van der Waals surface area contributed by atoms with Crippen molar-refractivity contribution < 1.29 is 14.3 Å². The Labute approximate surface area is 155 Å². The first kappa shape index (κ1) is 16.7. The highest BCUT2D eigenvalue weighted by atomic mass is 32.1. The molecule has 0 aliphatic heterocycles. The summed E-state index contributed by atoms with van der Waals surface area (Å²) in [5.74, 6) is -0.626. The van der Waals surface area contributed by atoms with Gasteiger partial charge in [-0.05, 0) is 54.5 Å². The largest absolute Gasteiger partial charge is 0.454 e. The Balaban J connectivity index is 1.86. The predicted molar refractivity (Wildman–Crippen MR) is 103 cm³/mol. The van der Waals surface area contributed by atoms with Gasteiger partial charge < -0.3 is 4.74 Å². The van der Waals surface area contributed by atoms with E-state index in [1.807, 2.05) is 35.7 Å². The number of nitrogens with zero attached hydrogens (tertiary/aromatic N) is 1. The average molecular weight is 363 g/mol. The van der Waals surface area contributed by atoms with E-state index < -0.39 is 5.97 Å². The molecule has 0 amide bonds. The van der Waals surface area contributed by atoms with Gasteiger partial charge in [-0.15, -0.1) is 11.3 Å². The number of thiophene rings is 1. The highest BCUT2D eigenvalue weighted by Gasteiger charge is 2.27. The average Bonchev–Trinajstić information content (AvgIpc) is 3.28. The maximum Gasteiger partial charge on any atom is 0.339 e. The van der Waals surface area contributed by atoms with Crippen molar-refractivity contribution in [3.63, 3.8) is 0 Å². The molecular formula is C21H17NO3S. The molecule has 2 aromatic heterocycles. The second kappa shape index (κ2) is 6.84. The van der Waals surface area contributed by atoms with Gasteiger partial charge in [0.2, 0.25) is 0 Å². The molecule has 26 heavy (non-hydrogen) atoms. The van der Waals surface area contributed by atoms with Crippen LogP contribution in [-0.2, 0) is 16.0 Å². The van der Waals surface area contributed by atoms with Crippen LogP contribution in [0.2, 0.25) is 0 Å². The number of carbonyl (C=O) groups excluding carboxylic acids is 2. The highest BCUT2D eigenvalue weighted by Crippen LogP contribution is 2.38. The maximum atomic E-state index is 12.7. The number of hydrogen-bond donors (Lipinski definition) is 0. The van der Waals surface area contributed by atoms with Crippen molar-refractivity contribution in [3.05, 3.63) is 63.5 Å². The summed E-state index contributed by atoms with van der Waals surface area (Å²) in [4.78, 5) is 29.9. The third-order valence-corrected chi connectivity index (χ3v) is 5.23. The molecule has 3 aromatic rings. The number of para-hydroxylation sites is 1. The molecule has 4 nitrogen and oxygen atoms in total. The van der Waals surface area contributed by atoms with Crippen LogP contribution in [0.25, 0.3) is 22.6 Å². The summed E-state index contributed by atoms with van der Waals surface area (Å²) < 4.78 is 5.23. The van der Waals surface area contributed by atoms with Crippen molar-refractivity contribution in [2.24, 2.45) is 0 Å². The highest BCUT2D eigenvalue weighted by molar-refractivity contribution is 7.10. The molecular weight excluding hydrogens is 346 g/mol. The fourth-order valence-corrected chi connectivity index (χ4v) is 3.98. The molecule has 0 atom stereocenters. The fourth-order valence-electron chi connectivity index (χ4n) is 3.30. The van der Waals surface area contributed by atoms with E-state index in [0.29, 0.717) is 5.56 Å². The molecule has 0 fully saturated rings. The standard InChI is InChI=1S/C21H17NO3S/c1-13(23)12-25-21(24)19-16-6-2-3-7-18(16)22-20-14(8-9-17(19)20)11-15-5-4-10-26-15/h2-7,10-11H,8-9,12H2,1H3. The second-order valence-corrected chi connectivity index (χ2v) is 7.27. The molecule has 5 heteroatoms. The molecule has 0 spiro atoms. The number of pyridine rings is 1. The number of ketones is 1. The third-order valence-electron chi connectivity index (χ3n) is 4.41. The van der Waals surface area contributed by atoms with Crippen LogP contribution in [0.4, 0.5) is 0 Å². The number of hydrogen-bond acceptors (Lipinski definition) is 5. The van der Waals surface area contributed by atoms with Crippen LogP contribution in [0.5, 0.6) is 0 Å². The van der Waals surface area contributed by atoms with Gasteiger partial charge in [-0.25, -0.2) is 9.78 Å². The maximum absolute atomic E-state index is 12.7. The minimum atomic E-state index is -0.451. The molecule has 0 radical (unpaired) electrons. The Hall–Kier alpha value is -2.79. The summed E-state index contributed by atoms with van der Waals surface area (Å²) in [7, 11) is 0. The van der Waals surface area contributed by atoms with Crippen molar-refractivity contribution >= 4 is 45.6 Å². The van der Waals surface area contributed by atoms with Crippen molar-refractivity contribution in [3.8, 4) is 0 Å². The summed E-state index contributed by atoms with van der Waals surface area (Å²) in [6.45, 7) is 1.20. The number of allylic oxidation sites excluding steroid dienone is 1. The lowest BCUT2D eigenvalue weighted by Gasteiger charge is -2.11. The van der Waals surface area contributed by atoms with Crippen LogP contribution in [-0.4, -0.2) is 23.3 Å². The monoisotopic (exact) mass is 363 g/mol. The predicted octanol–water partition coefficient (Wildman–Crippen LogP) is 4.53. The van der Waals surface area contributed by atoms with E-state index in [1.54, 1.807) is 11.3 Å². The molecule has 0 saturated carbocycles. The van der Waals surface area contributed by atoms with E-state index in [0.717, 1.165) is 40.6 Å². The topological polar surface area (TPSA) is 56.3 Å². The number of Topliss-reactive ketones (excluding diaryl/α,β-unsaturated/α-hetero) is 1.